The number of nitrogens with one attached hydrogen (secondary N) is 1. The van der Waals surface area contributed by atoms with Gasteiger partial charge in [-0.05, 0) is 38.3 Å². The SMILES string of the molecule is C=CCCC(C)Nc1cc(OC)ccc1C. The van der Waals surface area contributed by atoms with Crippen molar-refractivity contribution in [2.45, 2.75) is 32.7 Å². The molecule has 0 saturated heterocycles. The van der Waals surface area contributed by atoms with Gasteiger partial charge in [0.2, 0.25) is 0 Å². The maximum Gasteiger partial charge on any atom is 0.120 e. The molecule has 1 unspecified atom stereocenters. The number of allylic oxidation sites excluding steroid dienone is 1. The molecule has 1 atom stereocenters. The molecule has 1 rings (SSSR count). The number of aryl methyl sites for hydroxylation is 1. The van der Waals surface area contributed by atoms with Gasteiger partial charge in [-0.1, -0.05) is 12.1 Å². The first-order valence-corrected chi connectivity index (χ1v) is 5.69. The van der Waals surface area contributed by atoms with Crippen LogP contribution in [0.1, 0.15) is 25.3 Å². The molecule has 0 fully saturated rings. The Labute approximate surface area is 98.3 Å². The zero-order valence-corrected chi connectivity index (χ0v) is 10.4. The normalized spacial score (nSPS) is 11.9. The first-order chi connectivity index (χ1) is 7.67. The highest BCUT2D eigenvalue weighted by Crippen LogP contribution is 2.22. The van der Waals surface area contributed by atoms with Gasteiger partial charge >= 0.3 is 0 Å². The fourth-order valence-corrected chi connectivity index (χ4v) is 1.59. The van der Waals surface area contributed by atoms with Crippen molar-refractivity contribution in [1.82, 2.24) is 0 Å². The predicted molar refractivity (Wildman–Crippen MR) is 70.2 cm³/mol. The van der Waals surface area contributed by atoms with Crippen LogP contribution in [0.3, 0.4) is 0 Å². The lowest BCUT2D eigenvalue weighted by Gasteiger charge is -2.17. The smallest absolute Gasteiger partial charge is 0.120 e. The standard InChI is InChI=1S/C14H21NO/c1-5-6-7-12(3)15-14-10-13(16-4)9-8-11(14)2/h5,8-10,12,15H,1,6-7H2,2-4H3. The minimum absolute atomic E-state index is 0.448. The van der Waals surface area contributed by atoms with Gasteiger partial charge in [0.05, 0.1) is 7.11 Å². The molecule has 0 saturated carbocycles. The van der Waals surface area contributed by atoms with Gasteiger partial charge in [0.1, 0.15) is 5.75 Å². The Morgan fingerprint density at radius 1 is 1.50 bits per heavy atom. The molecule has 0 heterocycles. The van der Waals surface area contributed by atoms with Crippen molar-refractivity contribution in [2.24, 2.45) is 0 Å². The van der Waals surface area contributed by atoms with Crippen LogP contribution in [0.25, 0.3) is 0 Å². The second kappa shape index (κ2) is 6.21. The van der Waals surface area contributed by atoms with E-state index in [1.165, 1.54) is 5.56 Å². The molecule has 0 bridgehead atoms. The number of hydrogen-bond acceptors (Lipinski definition) is 2. The van der Waals surface area contributed by atoms with E-state index in [1.54, 1.807) is 7.11 Å². The van der Waals surface area contributed by atoms with E-state index in [1.807, 2.05) is 18.2 Å². The molecule has 1 N–H and O–H groups in total. The highest BCUT2D eigenvalue weighted by Gasteiger charge is 2.04. The van der Waals surface area contributed by atoms with Crippen LogP contribution in [0.4, 0.5) is 5.69 Å². The molecule has 16 heavy (non-hydrogen) atoms. The molecular formula is C14H21NO. The maximum absolute atomic E-state index is 5.22. The van der Waals surface area contributed by atoms with Crippen LogP contribution in [-0.4, -0.2) is 13.2 Å². The van der Waals surface area contributed by atoms with E-state index >= 15 is 0 Å². The molecule has 0 amide bonds. The zero-order chi connectivity index (χ0) is 12.0. The number of ether oxygens (including phenoxy) is 1. The fraction of sp³-hybridized carbons (Fsp3) is 0.429. The molecule has 2 nitrogen and oxygen atoms in total. The van der Waals surface area contributed by atoms with E-state index in [9.17, 15) is 0 Å². The summed E-state index contributed by atoms with van der Waals surface area (Å²) in [6, 6.07) is 6.54. The average molecular weight is 219 g/mol. The van der Waals surface area contributed by atoms with Crippen molar-refractivity contribution in [3.63, 3.8) is 0 Å². The summed E-state index contributed by atoms with van der Waals surface area (Å²) in [4.78, 5) is 0. The summed E-state index contributed by atoms with van der Waals surface area (Å²) in [5.41, 5.74) is 2.39. The molecule has 88 valence electrons. The van der Waals surface area contributed by atoms with Gasteiger partial charge in [-0.2, -0.15) is 0 Å². The molecule has 0 radical (unpaired) electrons. The Morgan fingerprint density at radius 3 is 2.88 bits per heavy atom. The largest absolute Gasteiger partial charge is 0.497 e. The lowest BCUT2D eigenvalue weighted by Crippen LogP contribution is -2.15. The van der Waals surface area contributed by atoms with Gasteiger partial charge in [-0.15, -0.1) is 6.58 Å². The lowest BCUT2D eigenvalue weighted by atomic mass is 10.1. The number of rotatable bonds is 6. The molecule has 0 aromatic heterocycles. The molecule has 2 heteroatoms. The van der Waals surface area contributed by atoms with Crippen LogP contribution < -0.4 is 10.1 Å². The average Bonchev–Trinajstić information content (AvgIpc) is 2.29. The second-order valence-corrected chi connectivity index (χ2v) is 4.09. The lowest BCUT2D eigenvalue weighted by molar-refractivity contribution is 0.415. The van der Waals surface area contributed by atoms with E-state index in [-0.39, 0.29) is 0 Å². The monoisotopic (exact) mass is 219 g/mol. The summed E-state index contributed by atoms with van der Waals surface area (Å²) < 4.78 is 5.22. The Hall–Kier alpha value is -1.44. The van der Waals surface area contributed by atoms with Crippen LogP contribution in [0, 0.1) is 6.92 Å². The van der Waals surface area contributed by atoms with Crippen LogP contribution in [0.15, 0.2) is 30.9 Å². The maximum atomic E-state index is 5.22. The number of methoxy groups -OCH3 is 1. The van der Waals surface area contributed by atoms with E-state index < -0.39 is 0 Å². The van der Waals surface area contributed by atoms with Crippen molar-refractivity contribution in [3.05, 3.63) is 36.4 Å². The Balaban J connectivity index is 2.67. The van der Waals surface area contributed by atoms with E-state index in [0.29, 0.717) is 6.04 Å². The first-order valence-electron chi connectivity index (χ1n) is 5.69. The van der Waals surface area contributed by atoms with Crippen molar-refractivity contribution >= 4 is 5.69 Å². The Kier molecular flexibility index (Phi) is 4.90. The van der Waals surface area contributed by atoms with Crippen molar-refractivity contribution < 1.29 is 4.74 Å². The molecule has 0 spiro atoms. The van der Waals surface area contributed by atoms with Gasteiger partial charge in [-0.3, -0.25) is 0 Å². The molecule has 1 aromatic rings. The molecule has 0 aliphatic heterocycles. The van der Waals surface area contributed by atoms with Gasteiger partial charge < -0.3 is 10.1 Å². The quantitative estimate of drug-likeness (QED) is 0.735. The summed E-state index contributed by atoms with van der Waals surface area (Å²) >= 11 is 0. The first kappa shape index (κ1) is 12.6. The van der Waals surface area contributed by atoms with E-state index in [0.717, 1.165) is 24.3 Å². The minimum atomic E-state index is 0.448. The zero-order valence-electron chi connectivity index (χ0n) is 10.4. The van der Waals surface area contributed by atoms with Crippen LogP contribution in [-0.2, 0) is 0 Å². The molecule has 0 aliphatic rings. The van der Waals surface area contributed by atoms with Crippen LogP contribution >= 0.6 is 0 Å². The molecular weight excluding hydrogens is 198 g/mol. The molecule has 1 aromatic carbocycles. The Morgan fingerprint density at radius 2 is 2.25 bits per heavy atom. The van der Waals surface area contributed by atoms with Crippen LogP contribution in [0.5, 0.6) is 5.75 Å². The summed E-state index contributed by atoms with van der Waals surface area (Å²) in [5, 5.41) is 3.49. The highest BCUT2D eigenvalue weighted by atomic mass is 16.5. The number of hydrogen-bond donors (Lipinski definition) is 1. The minimum Gasteiger partial charge on any atom is -0.497 e. The summed E-state index contributed by atoms with van der Waals surface area (Å²) in [5.74, 6) is 0.893. The number of anilines is 1. The van der Waals surface area contributed by atoms with E-state index in [4.69, 9.17) is 4.74 Å². The van der Waals surface area contributed by atoms with Crippen molar-refractivity contribution in [1.29, 1.82) is 0 Å². The summed E-state index contributed by atoms with van der Waals surface area (Å²) in [7, 11) is 1.69. The third-order valence-electron chi connectivity index (χ3n) is 2.65. The molecule has 0 aliphatic carbocycles. The highest BCUT2D eigenvalue weighted by molar-refractivity contribution is 5.55. The third kappa shape index (κ3) is 3.61. The van der Waals surface area contributed by atoms with Gasteiger partial charge in [-0.25, -0.2) is 0 Å². The van der Waals surface area contributed by atoms with Crippen molar-refractivity contribution in [3.8, 4) is 5.75 Å². The van der Waals surface area contributed by atoms with Gasteiger partial charge in [0.15, 0.2) is 0 Å². The van der Waals surface area contributed by atoms with Gasteiger partial charge in [0.25, 0.3) is 0 Å². The second-order valence-electron chi connectivity index (χ2n) is 4.09. The fourth-order valence-electron chi connectivity index (χ4n) is 1.59. The van der Waals surface area contributed by atoms with Gasteiger partial charge in [0, 0.05) is 17.8 Å². The Bertz CT molecular complexity index is 347. The predicted octanol–water partition coefficient (Wildman–Crippen LogP) is 3.77. The van der Waals surface area contributed by atoms with E-state index in [2.05, 4.69) is 31.8 Å². The summed E-state index contributed by atoms with van der Waals surface area (Å²) in [6.45, 7) is 8.02. The third-order valence-corrected chi connectivity index (χ3v) is 2.65. The van der Waals surface area contributed by atoms with Crippen LogP contribution in [0.2, 0.25) is 0 Å². The topological polar surface area (TPSA) is 21.3 Å². The van der Waals surface area contributed by atoms with Crippen molar-refractivity contribution in [2.75, 3.05) is 12.4 Å². The summed E-state index contributed by atoms with van der Waals surface area (Å²) in [6.07, 6.45) is 4.09. The number of benzene rings is 1.